The first-order valence-corrected chi connectivity index (χ1v) is 7.03. The van der Waals surface area contributed by atoms with Gasteiger partial charge in [-0.25, -0.2) is 4.98 Å². The lowest BCUT2D eigenvalue weighted by Crippen LogP contribution is -2.10. The summed E-state index contributed by atoms with van der Waals surface area (Å²) in [5.74, 6) is 0.783. The van der Waals surface area contributed by atoms with Gasteiger partial charge in [0.25, 0.3) is 5.91 Å². The molecular weight excluding hydrogens is 272 g/mol. The highest BCUT2D eigenvalue weighted by Gasteiger charge is 2.12. The molecular formula is C15H12N2O2S. The van der Waals surface area contributed by atoms with Crippen molar-refractivity contribution < 1.29 is 9.21 Å². The fourth-order valence-corrected chi connectivity index (χ4v) is 2.36. The highest BCUT2D eigenvalue weighted by Crippen LogP contribution is 2.16. The van der Waals surface area contributed by atoms with Gasteiger partial charge in [-0.05, 0) is 17.7 Å². The molecule has 4 nitrogen and oxygen atoms in total. The molecule has 3 aromatic rings. The molecule has 0 unspecified atom stereocenters. The number of anilines is 1. The summed E-state index contributed by atoms with van der Waals surface area (Å²) in [6, 6.07) is 13.5. The van der Waals surface area contributed by atoms with Crippen LogP contribution in [0.25, 0.3) is 0 Å². The Labute approximate surface area is 120 Å². The molecule has 0 aliphatic rings. The summed E-state index contributed by atoms with van der Waals surface area (Å²) in [6.07, 6.45) is 2.31. The van der Waals surface area contributed by atoms with Crippen LogP contribution in [-0.2, 0) is 6.42 Å². The van der Waals surface area contributed by atoms with E-state index in [1.54, 1.807) is 17.6 Å². The molecule has 0 radical (unpaired) electrons. The van der Waals surface area contributed by atoms with Crippen LogP contribution in [0.1, 0.15) is 21.9 Å². The number of rotatable bonds is 4. The summed E-state index contributed by atoms with van der Waals surface area (Å²) in [5.41, 5.74) is 1.15. The van der Waals surface area contributed by atoms with Crippen molar-refractivity contribution in [3.05, 3.63) is 71.1 Å². The van der Waals surface area contributed by atoms with Crippen LogP contribution >= 0.6 is 11.3 Å². The van der Waals surface area contributed by atoms with Gasteiger partial charge in [0, 0.05) is 18.0 Å². The molecule has 3 rings (SSSR count). The Bertz CT molecular complexity index is 690. The van der Waals surface area contributed by atoms with Crippen LogP contribution in [0, 0.1) is 0 Å². The quantitative estimate of drug-likeness (QED) is 0.796. The fraction of sp³-hybridized carbons (Fsp3) is 0.0667. The van der Waals surface area contributed by atoms with E-state index in [-0.39, 0.29) is 5.91 Å². The normalized spacial score (nSPS) is 10.4. The van der Waals surface area contributed by atoms with Crippen LogP contribution in [-0.4, -0.2) is 10.9 Å². The molecule has 1 N–H and O–H groups in total. The Morgan fingerprint density at radius 3 is 2.80 bits per heavy atom. The predicted molar refractivity (Wildman–Crippen MR) is 78.0 cm³/mol. The third-order valence-electron chi connectivity index (χ3n) is 2.76. The monoisotopic (exact) mass is 284 g/mol. The predicted octanol–water partition coefficient (Wildman–Crippen LogP) is 3.58. The number of nitrogens with one attached hydrogen (secondary N) is 1. The highest BCUT2D eigenvalue weighted by atomic mass is 32.1. The van der Waals surface area contributed by atoms with E-state index in [0.29, 0.717) is 17.3 Å². The topological polar surface area (TPSA) is 55.1 Å². The summed E-state index contributed by atoms with van der Waals surface area (Å²) in [7, 11) is 0. The largest absolute Gasteiger partial charge is 0.456 e. The number of amides is 1. The van der Waals surface area contributed by atoms with Crippen molar-refractivity contribution in [3.63, 3.8) is 0 Å². The van der Waals surface area contributed by atoms with Crippen LogP contribution in [0.4, 0.5) is 5.13 Å². The van der Waals surface area contributed by atoms with Gasteiger partial charge in [-0.3, -0.25) is 10.1 Å². The molecule has 100 valence electrons. The lowest BCUT2D eigenvalue weighted by atomic mass is 10.1. The van der Waals surface area contributed by atoms with E-state index in [1.165, 1.54) is 11.3 Å². The van der Waals surface area contributed by atoms with Crippen molar-refractivity contribution >= 4 is 22.4 Å². The molecule has 1 amide bonds. The Morgan fingerprint density at radius 1 is 1.20 bits per heavy atom. The van der Waals surface area contributed by atoms with Gasteiger partial charge < -0.3 is 4.42 Å². The van der Waals surface area contributed by atoms with Gasteiger partial charge in [-0.1, -0.05) is 30.3 Å². The molecule has 1 aromatic carbocycles. The first-order chi connectivity index (χ1) is 9.81. The van der Waals surface area contributed by atoms with Gasteiger partial charge >= 0.3 is 0 Å². The number of hydrogen-bond acceptors (Lipinski definition) is 4. The lowest BCUT2D eigenvalue weighted by molar-refractivity contribution is 0.0995. The molecule has 0 saturated carbocycles. The number of furan rings is 1. The Morgan fingerprint density at radius 2 is 2.05 bits per heavy atom. The third kappa shape index (κ3) is 2.95. The zero-order valence-corrected chi connectivity index (χ0v) is 11.4. The van der Waals surface area contributed by atoms with Crippen LogP contribution in [0.3, 0.4) is 0 Å². The second-order valence-electron chi connectivity index (χ2n) is 4.22. The number of benzene rings is 1. The van der Waals surface area contributed by atoms with Crippen molar-refractivity contribution in [1.29, 1.82) is 0 Å². The number of carbonyl (C=O) groups excluding carboxylic acids is 1. The number of carbonyl (C=O) groups is 1. The van der Waals surface area contributed by atoms with E-state index in [9.17, 15) is 4.79 Å². The van der Waals surface area contributed by atoms with Gasteiger partial charge in [-0.2, -0.15) is 0 Å². The molecule has 0 spiro atoms. The van der Waals surface area contributed by atoms with E-state index in [1.807, 2.05) is 36.4 Å². The number of aromatic nitrogens is 1. The summed E-state index contributed by atoms with van der Waals surface area (Å²) in [6.45, 7) is 0. The number of thiazole rings is 1. The molecule has 2 aromatic heterocycles. The molecule has 0 bridgehead atoms. The van der Waals surface area contributed by atoms with E-state index >= 15 is 0 Å². The molecule has 0 aliphatic carbocycles. The van der Waals surface area contributed by atoms with Crippen molar-refractivity contribution in [2.45, 2.75) is 6.42 Å². The van der Waals surface area contributed by atoms with Gasteiger partial charge in [0.15, 0.2) is 10.9 Å². The smallest absolute Gasteiger partial charge is 0.293 e. The average Bonchev–Trinajstić information content (AvgIpc) is 3.11. The first-order valence-electron chi connectivity index (χ1n) is 6.15. The van der Waals surface area contributed by atoms with Crippen molar-refractivity contribution in [1.82, 2.24) is 4.98 Å². The zero-order chi connectivity index (χ0) is 13.8. The standard InChI is InChI=1S/C15H12N2O2S/c18-14(17-15-16-8-9-20-15)13-7-6-12(19-13)10-11-4-2-1-3-5-11/h1-9H,10H2,(H,16,17,18). The summed E-state index contributed by atoms with van der Waals surface area (Å²) in [5, 5.41) is 5.06. The van der Waals surface area contributed by atoms with E-state index in [0.717, 1.165) is 11.3 Å². The number of nitrogens with zero attached hydrogens (tertiary/aromatic N) is 1. The lowest BCUT2D eigenvalue weighted by Gasteiger charge is -1.99. The molecule has 20 heavy (non-hydrogen) atoms. The Hall–Kier alpha value is -2.40. The minimum absolute atomic E-state index is 0.278. The van der Waals surface area contributed by atoms with Crippen LogP contribution in [0.2, 0.25) is 0 Å². The minimum Gasteiger partial charge on any atom is -0.456 e. The zero-order valence-electron chi connectivity index (χ0n) is 10.6. The van der Waals surface area contributed by atoms with Crippen LogP contribution in [0.15, 0.2) is 58.5 Å². The van der Waals surface area contributed by atoms with Crippen molar-refractivity contribution in [3.8, 4) is 0 Å². The van der Waals surface area contributed by atoms with E-state index in [4.69, 9.17) is 4.42 Å². The van der Waals surface area contributed by atoms with Gasteiger partial charge in [-0.15, -0.1) is 11.3 Å². The summed E-state index contributed by atoms with van der Waals surface area (Å²) < 4.78 is 5.56. The SMILES string of the molecule is O=C(Nc1nccs1)c1ccc(Cc2ccccc2)o1. The molecule has 0 fully saturated rings. The minimum atomic E-state index is -0.278. The van der Waals surface area contributed by atoms with Crippen molar-refractivity contribution in [2.75, 3.05) is 5.32 Å². The Kier molecular flexibility index (Phi) is 3.60. The van der Waals surface area contributed by atoms with Crippen molar-refractivity contribution in [2.24, 2.45) is 0 Å². The maximum atomic E-state index is 11.9. The fourth-order valence-electron chi connectivity index (χ4n) is 1.84. The molecule has 0 aliphatic heterocycles. The highest BCUT2D eigenvalue weighted by molar-refractivity contribution is 7.13. The second-order valence-corrected chi connectivity index (χ2v) is 5.11. The van der Waals surface area contributed by atoms with Gasteiger partial charge in [0.2, 0.25) is 0 Å². The molecule has 2 heterocycles. The second kappa shape index (κ2) is 5.71. The summed E-state index contributed by atoms with van der Waals surface area (Å²) in [4.78, 5) is 15.9. The summed E-state index contributed by atoms with van der Waals surface area (Å²) >= 11 is 1.37. The van der Waals surface area contributed by atoms with Gasteiger partial charge in [0.1, 0.15) is 5.76 Å². The van der Waals surface area contributed by atoms with E-state index < -0.39 is 0 Å². The maximum absolute atomic E-state index is 11.9. The average molecular weight is 284 g/mol. The molecule has 0 atom stereocenters. The number of hydrogen-bond donors (Lipinski definition) is 1. The first kappa shape index (κ1) is 12.6. The van der Waals surface area contributed by atoms with Crippen LogP contribution in [0.5, 0.6) is 0 Å². The van der Waals surface area contributed by atoms with E-state index in [2.05, 4.69) is 10.3 Å². The van der Waals surface area contributed by atoms with Gasteiger partial charge in [0.05, 0.1) is 0 Å². The Balaban J connectivity index is 1.69. The third-order valence-corrected chi connectivity index (χ3v) is 3.45. The molecule has 5 heteroatoms. The molecule has 0 saturated heterocycles. The van der Waals surface area contributed by atoms with Crippen LogP contribution < -0.4 is 5.32 Å². The maximum Gasteiger partial charge on any atom is 0.293 e.